The fraction of sp³-hybridized carbons (Fsp3) is 0.158. The molecule has 3 nitrogen and oxygen atoms in total. The van der Waals surface area contributed by atoms with Gasteiger partial charge in [-0.3, -0.25) is 0 Å². The summed E-state index contributed by atoms with van der Waals surface area (Å²) in [6, 6.07) is 15.6. The molecule has 0 aliphatic heterocycles. The molecule has 0 saturated carbocycles. The molecule has 2 aromatic carbocycles. The van der Waals surface area contributed by atoms with Crippen molar-refractivity contribution < 1.29 is 5.11 Å². The Morgan fingerprint density at radius 1 is 1.09 bits per heavy atom. The van der Waals surface area contributed by atoms with Crippen LogP contribution in [0.4, 0.5) is 0 Å². The summed E-state index contributed by atoms with van der Waals surface area (Å²) in [5.74, 6) is 0.267. The molecule has 111 valence electrons. The molecule has 0 unspecified atom stereocenters. The molecule has 22 heavy (non-hydrogen) atoms. The van der Waals surface area contributed by atoms with Crippen molar-refractivity contribution in [2.75, 3.05) is 0 Å². The third kappa shape index (κ3) is 2.50. The quantitative estimate of drug-likeness (QED) is 0.784. The molecule has 0 fully saturated rings. The van der Waals surface area contributed by atoms with Gasteiger partial charge < -0.3 is 5.11 Å². The summed E-state index contributed by atoms with van der Waals surface area (Å²) in [6.45, 7) is 7.94. The Balaban J connectivity index is 2.10. The Morgan fingerprint density at radius 2 is 1.82 bits per heavy atom. The smallest absolute Gasteiger partial charge is 0.116 e. The van der Waals surface area contributed by atoms with Gasteiger partial charge in [-0.15, -0.1) is 0 Å². The minimum atomic E-state index is 0.267. The lowest BCUT2D eigenvalue weighted by Crippen LogP contribution is -1.99. The fourth-order valence-corrected chi connectivity index (χ4v) is 2.78. The largest absolute Gasteiger partial charge is 0.508 e. The maximum atomic E-state index is 9.70. The first-order chi connectivity index (χ1) is 10.6. The molecule has 0 spiro atoms. The van der Waals surface area contributed by atoms with Gasteiger partial charge in [-0.1, -0.05) is 24.3 Å². The molecule has 3 heteroatoms. The number of aromatic hydroxyl groups is 1. The van der Waals surface area contributed by atoms with Gasteiger partial charge in [0.25, 0.3) is 0 Å². The van der Waals surface area contributed by atoms with E-state index in [0.29, 0.717) is 0 Å². The van der Waals surface area contributed by atoms with E-state index in [9.17, 15) is 5.11 Å². The molecule has 1 radical (unpaired) electrons. The Kier molecular flexibility index (Phi) is 3.72. The topological polar surface area (TPSA) is 38.0 Å². The normalized spacial score (nSPS) is 10.9. The monoisotopic (exact) mass is 291 g/mol. The lowest BCUT2D eigenvalue weighted by atomic mass is 10.0. The van der Waals surface area contributed by atoms with Crippen molar-refractivity contribution in [1.82, 2.24) is 9.78 Å². The molecule has 0 saturated heterocycles. The van der Waals surface area contributed by atoms with E-state index in [1.165, 1.54) is 5.56 Å². The van der Waals surface area contributed by atoms with Crippen LogP contribution in [0.2, 0.25) is 0 Å². The molecule has 1 N–H and O–H groups in total. The molecule has 0 amide bonds. The van der Waals surface area contributed by atoms with Crippen molar-refractivity contribution in [2.24, 2.45) is 0 Å². The molecule has 0 bridgehead atoms. The van der Waals surface area contributed by atoms with Gasteiger partial charge in [0.05, 0.1) is 11.4 Å². The average molecular weight is 291 g/mol. The van der Waals surface area contributed by atoms with Crippen molar-refractivity contribution in [3.8, 4) is 22.6 Å². The number of hydrogen-bond donors (Lipinski definition) is 1. The number of rotatable bonds is 3. The second kappa shape index (κ2) is 5.68. The third-order valence-corrected chi connectivity index (χ3v) is 3.90. The Labute approximate surface area is 130 Å². The van der Waals surface area contributed by atoms with Crippen LogP contribution in [0, 0.1) is 20.8 Å². The molecule has 3 aromatic rings. The highest BCUT2D eigenvalue weighted by Gasteiger charge is 2.14. The van der Waals surface area contributed by atoms with Crippen LogP contribution in [-0.2, 0) is 6.42 Å². The Hall–Kier alpha value is -2.55. The summed E-state index contributed by atoms with van der Waals surface area (Å²) in [6.07, 6.45) is 0.784. The SMILES string of the molecule is [CH2]Cc1ccc(-n2nc(C)c(-c3cccc(O)c3)c2C)cc1. The average Bonchev–Trinajstić information content (AvgIpc) is 2.82. The Morgan fingerprint density at radius 3 is 2.45 bits per heavy atom. The lowest BCUT2D eigenvalue weighted by molar-refractivity contribution is 0.475. The number of aromatic nitrogens is 2. The first kappa shape index (κ1) is 14.4. The molecule has 3 rings (SSSR count). The minimum Gasteiger partial charge on any atom is -0.508 e. The molecule has 1 aromatic heterocycles. The zero-order valence-corrected chi connectivity index (χ0v) is 12.9. The number of benzene rings is 2. The summed E-state index contributed by atoms with van der Waals surface area (Å²) in [5, 5.41) is 14.4. The van der Waals surface area contributed by atoms with Crippen molar-refractivity contribution in [2.45, 2.75) is 20.3 Å². The molecule has 0 aliphatic rings. The standard InChI is InChI=1S/C19H19N2O/c1-4-15-8-10-17(11-9-15)21-14(3)19(13(2)20-21)16-6-5-7-18(22)12-16/h5-12,22H,1,4H2,2-3H3. The van der Waals surface area contributed by atoms with Crippen molar-refractivity contribution >= 4 is 0 Å². The van der Waals surface area contributed by atoms with E-state index in [4.69, 9.17) is 0 Å². The van der Waals surface area contributed by atoms with Crippen LogP contribution in [0.25, 0.3) is 16.8 Å². The van der Waals surface area contributed by atoms with Crippen LogP contribution in [0.1, 0.15) is 17.0 Å². The van der Waals surface area contributed by atoms with E-state index in [2.05, 4.69) is 43.2 Å². The summed E-state index contributed by atoms with van der Waals surface area (Å²) >= 11 is 0. The summed E-state index contributed by atoms with van der Waals surface area (Å²) in [7, 11) is 0. The highest BCUT2D eigenvalue weighted by Crippen LogP contribution is 2.30. The van der Waals surface area contributed by atoms with Gasteiger partial charge in [-0.25, -0.2) is 4.68 Å². The first-order valence-corrected chi connectivity index (χ1v) is 7.34. The zero-order chi connectivity index (χ0) is 15.7. The van der Waals surface area contributed by atoms with Crippen LogP contribution in [0.15, 0.2) is 48.5 Å². The fourth-order valence-electron chi connectivity index (χ4n) is 2.78. The predicted octanol–water partition coefficient (Wildman–Crippen LogP) is 4.24. The van der Waals surface area contributed by atoms with Crippen LogP contribution in [0.3, 0.4) is 0 Å². The van der Waals surface area contributed by atoms with Crippen LogP contribution in [0.5, 0.6) is 5.75 Å². The summed E-state index contributed by atoms with van der Waals surface area (Å²) < 4.78 is 1.95. The van der Waals surface area contributed by atoms with Crippen molar-refractivity contribution in [3.63, 3.8) is 0 Å². The number of phenolic OH excluding ortho intramolecular Hbond substituents is 1. The highest BCUT2D eigenvalue weighted by atomic mass is 16.3. The highest BCUT2D eigenvalue weighted by molar-refractivity contribution is 5.70. The van der Waals surface area contributed by atoms with Gasteiger partial charge in [-0.05, 0) is 62.6 Å². The van der Waals surface area contributed by atoms with E-state index in [-0.39, 0.29) is 5.75 Å². The molecular weight excluding hydrogens is 272 g/mol. The first-order valence-electron chi connectivity index (χ1n) is 7.34. The second-order valence-electron chi connectivity index (χ2n) is 5.42. The minimum absolute atomic E-state index is 0.267. The molecule has 0 atom stereocenters. The van der Waals surface area contributed by atoms with Gasteiger partial charge in [0.15, 0.2) is 0 Å². The zero-order valence-electron chi connectivity index (χ0n) is 12.9. The van der Waals surface area contributed by atoms with Crippen LogP contribution >= 0.6 is 0 Å². The van der Waals surface area contributed by atoms with Gasteiger partial charge >= 0.3 is 0 Å². The van der Waals surface area contributed by atoms with Gasteiger partial charge in [0, 0.05) is 11.3 Å². The van der Waals surface area contributed by atoms with E-state index >= 15 is 0 Å². The van der Waals surface area contributed by atoms with E-state index in [0.717, 1.165) is 34.6 Å². The number of phenols is 1. The van der Waals surface area contributed by atoms with Gasteiger partial charge in [0.2, 0.25) is 0 Å². The number of aryl methyl sites for hydroxylation is 1. The lowest BCUT2D eigenvalue weighted by Gasteiger charge is -2.07. The number of nitrogens with zero attached hydrogens (tertiary/aromatic N) is 2. The number of hydrogen-bond acceptors (Lipinski definition) is 2. The van der Waals surface area contributed by atoms with Crippen LogP contribution < -0.4 is 0 Å². The molecular formula is C19H19N2O. The van der Waals surface area contributed by atoms with Gasteiger partial charge in [-0.2, -0.15) is 5.10 Å². The molecule has 1 heterocycles. The molecule has 0 aliphatic carbocycles. The summed E-state index contributed by atoms with van der Waals surface area (Å²) in [4.78, 5) is 0. The Bertz CT molecular complexity index is 801. The third-order valence-electron chi connectivity index (χ3n) is 3.90. The predicted molar refractivity (Wildman–Crippen MR) is 89.2 cm³/mol. The second-order valence-corrected chi connectivity index (χ2v) is 5.42. The van der Waals surface area contributed by atoms with E-state index < -0.39 is 0 Å². The van der Waals surface area contributed by atoms with Crippen molar-refractivity contribution in [3.05, 3.63) is 72.4 Å². The van der Waals surface area contributed by atoms with E-state index in [1.54, 1.807) is 12.1 Å². The summed E-state index contributed by atoms with van der Waals surface area (Å²) in [5.41, 5.74) is 6.30. The maximum Gasteiger partial charge on any atom is 0.116 e. The van der Waals surface area contributed by atoms with Crippen LogP contribution in [-0.4, -0.2) is 14.9 Å². The van der Waals surface area contributed by atoms with E-state index in [1.807, 2.05) is 23.7 Å². The van der Waals surface area contributed by atoms with Gasteiger partial charge in [0.1, 0.15) is 5.75 Å². The maximum absolute atomic E-state index is 9.70. The van der Waals surface area contributed by atoms with Crippen molar-refractivity contribution in [1.29, 1.82) is 0 Å².